The van der Waals surface area contributed by atoms with E-state index in [2.05, 4.69) is 30.1 Å². The molecule has 1 aliphatic carbocycles. The van der Waals surface area contributed by atoms with E-state index in [4.69, 9.17) is 4.74 Å². The van der Waals surface area contributed by atoms with Crippen LogP contribution in [0.5, 0.6) is 5.75 Å². The lowest BCUT2D eigenvalue weighted by atomic mass is 9.87. The molecular weight excluding hydrogens is 210 g/mol. The van der Waals surface area contributed by atoms with Gasteiger partial charge in [0.2, 0.25) is 0 Å². The quantitative estimate of drug-likeness (QED) is 0.620. The molecule has 1 unspecified atom stereocenters. The highest BCUT2D eigenvalue weighted by Gasteiger charge is 2.19. The molecule has 0 fully saturated rings. The Hall–Kier alpha value is -1.28. The Morgan fingerprint density at radius 3 is 3.18 bits per heavy atom. The van der Waals surface area contributed by atoms with Crippen LogP contribution in [-0.2, 0) is 6.42 Å². The summed E-state index contributed by atoms with van der Waals surface area (Å²) in [6.07, 6.45) is 6.67. The van der Waals surface area contributed by atoms with E-state index >= 15 is 0 Å². The van der Waals surface area contributed by atoms with Gasteiger partial charge in [0.15, 0.2) is 0 Å². The van der Waals surface area contributed by atoms with E-state index in [1.807, 2.05) is 6.08 Å². The van der Waals surface area contributed by atoms with Gasteiger partial charge in [0.25, 0.3) is 0 Å². The van der Waals surface area contributed by atoms with Crippen molar-refractivity contribution in [2.45, 2.75) is 31.7 Å². The summed E-state index contributed by atoms with van der Waals surface area (Å²) in [7, 11) is 1.73. The van der Waals surface area contributed by atoms with E-state index < -0.39 is 0 Å². The minimum Gasteiger partial charge on any atom is -0.497 e. The summed E-state index contributed by atoms with van der Waals surface area (Å²) in [5.74, 6) is 0.959. The fourth-order valence-corrected chi connectivity index (χ4v) is 2.48. The van der Waals surface area contributed by atoms with Gasteiger partial charge in [0.05, 0.1) is 7.11 Å². The second kappa shape index (κ2) is 5.87. The van der Waals surface area contributed by atoms with Gasteiger partial charge in [-0.3, -0.25) is 0 Å². The molecule has 1 aliphatic rings. The lowest BCUT2D eigenvalue weighted by molar-refractivity contribution is 0.409. The molecule has 1 aromatic carbocycles. The molecule has 2 nitrogen and oxygen atoms in total. The van der Waals surface area contributed by atoms with Gasteiger partial charge in [-0.2, -0.15) is 0 Å². The van der Waals surface area contributed by atoms with E-state index in [1.54, 1.807) is 7.11 Å². The summed E-state index contributed by atoms with van der Waals surface area (Å²) >= 11 is 0. The molecule has 1 aromatic rings. The van der Waals surface area contributed by atoms with Crippen LogP contribution in [0, 0.1) is 0 Å². The molecule has 0 aliphatic heterocycles. The number of hydrogen-bond donors (Lipinski definition) is 1. The molecule has 0 heterocycles. The first-order valence-corrected chi connectivity index (χ1v) is 6.36. The van der Waals surface area contributed by atoms with Crippen molar-refractivity contribution in [1.29, 1.82) is 0 Å². The molecule has 2 rings (SSSR count). The zero-order chi connectivity index (χ0) is 12.1. The lowest BCUT2D eigenvalue weighted by Crippen LogP contribution is -2.25. The van der Waals surface area contributed by atoms with Crippen LogP contribution in [0.1, 0.15) is 36.4 Å². The zero-order valence-electron chi connectivity index (χ0n) is 10.5. The van der Waals surface area contributed by atoms with Crippen LogP contribution >= 0.6 is 0 Å². The number of fused-ring (bicyclic) bond motifs is 1. The molecule has 0 saturated heterocycles. The van der Waals surface area contributed by atoms with E-state index in [-0.39, 0.29) is 0 Å². The summed E-state index contributed by atoms with van der Waals surface area (Å²) in [4.78, 5) is 0. The van der Waals surface area contributed by atoms with Crippen LogP contribution in [0.15, 0.2) is 30.9 Å². The van der Waals surface area contributed by atoms with Gasteiger partial charge in [0.1, 0.15) is 5.75 Å². The van der Waals surface area contributed by atoms with Crippen molar-refractivity contribution in [3.63, 3.8) is 0 Å². The summed E-state index contributed by atoms with van der Waals surface area (Å²) in [5, 5.41) is 3.60. The van der Waals surface area contributed by atoms with Crippen LogP contribution in [0.4, 0.5) is 0 Å². The van der Waals surface area contributed by atoms with E-state index in [1.165, 1.54) is 30.4 Å². The predicted molar refractivity (Wildman–Crippen MR) is 71.5 cm³/mol. The van der Waals surface area contributed by atoms with Crippen molar-refractivity contribution in [3.8, 4) is 5.75 Å². The standard InChI is InChI=1S/C15H21NO/c1-3-4-10-16-15-7-5-6-12-8-9-13(17-2)11-14(12)15/h3,8-9,11,15-16H,1,4-7,10H2,2H3. The summed E-state index contributed by atoms with van der Waals surface area (Å²) in [6, 6.07) is 6.93. The molecule has 0 aromatic heterocycles. The SMILES string of the molecule is C=CCCNC1CCCc2ccc(OC)cc21. The third kappa shape index (κ3) is 2.89. The van der Waals surface area contributed by atoms with Crippen LogP contribution in [0.3, 0.4) is 0 Å². The van der Waals surface area contributed by atoms with Crippen LogP contribution < -0.4 is 10.1 Å². The number of methoxy groups -OCH3 is 1. The largest absolute Gasteiger partial charge is 0.497 e. The van der Waals surface area contributed by atoms with Crippen LogP contribution in [0.25, 0.3) is 0 Å². The number of benzene rings is 1. The van der Waals surface area contributed by atoms with Gasteiger partial charge >= 0.3 is 0 Å². The molecule has 0 radical (unpaired) electrons. The Kier molecular flexibility index (Phi) is 4.21. The molecule has 1 N–H and O–H groups in total. The maximum absolute atomic E-state index is 5.31. The van der Waals surface area contributed by atoms with Crippen molar-refractivity contribution in [3.05, 3.63) is 42.0 Å². The summed E-state index contributed by atoms with van der Waals surface area (Å²) < 4.78 is 5.31. The number of rotatable bonds is 5. The first-order valence-electron chi connectivity index (χ1n) is 6.36. The normalized spacial score (nSPS) is 18.5. The van der Waals surface area contributed by atoms with E-state index in [0.717, 1.165) is 18.7 Å². The third-order valence-corrected chi connectivity index (χ3v) is 3.41. The zero-order valence-corrected chi connectivity index (χ0v) is 10.5. The van der Waals surface area contributed by atoms with Gasteiger partial charge in [-0.15, -0.1) is 6.58 Å². The number of aryl methyl sites for hydroxylation is 1. The van der Waals surface area contributed by atoms with Crippen LogP contribution in [-0.4, -0.2) is 13.7 Å². The predicted octanol–water partition coefficient (Wildman–Crippen LogP) is 3.24. The fourth-order valence-electron chi connectivity index (χ4n) is 2.48. The average molecular weight is 231 g/mol. The van der Waals surface area contributed by atoms with Gasteiger partial charge in [-0.05, 0) is 55.5 Å². The Bertz CT molecular complexity index is 387. The molecule has 17 heavy (non-hydrogen) atoms. The Morgan fingerprint density at radius 2 is 2.41 bits per heavy atom. The first-order chi connectivity index (χ1) is 8.35. The molecule has 2 heteroatoms. The maximum atomic E-state index is 5.31. The molecule has 0 spiro atoms. The minimum atomic E-state index is 0.480. The molecule has 0 amide bonds. The molecule has 1 atom stereocenters. The Morgan fingerprint density at radius 1 is 1.53 bits per heavy atom. The topological polar surface area (TPSA) is 21.3 Å². The minimum absolute atomic E-state index is 0.480. The van der Waals surface area contributed by atoms with Crippen LogP contribution in [0.2, 0.25) is 0 Å². The maximum Gasteiger partial charge on any atom is 0.119 e. The van der Waals surface area contributed by atoms with Crippen molar-refractivity contribution in [2.75, 3.05) is 13.7 Å². The van der Waals surface area contributed by atoms with Crippen molar-refractivity contribution >= 4 is 0 Å². The highest BCUT2D eigenvalue weighted by atomic mass is 16.5. The highest BCUT2D eigenvalue weighted by Crippen LogP contribution is 2.32. The van der Waals surface area contributed by atoms with E-state index in [0.29, 0.717) is 6.04 Å². The van der Waals surface area contributed by atoms with Gasteiger partial charge in [-0.1, -0.05) is 12.1 Å². The van der Waals surface area contributed by atoms with Crippen molar-refractivity contribution in [1.82, 2.24) is 5.32 Å². The number of hydrogen-bond acceptors (Lipinski definition) is 2. The van der Waals surface area contributed by atoms with Gasteiger partial charge in [-0.25, -0.2) is 0 Å². The second-order valence-corrected chi connectivity index (χ2v) is 4.54. The second-order valence-electron chi connectivity index (χ2n) is 4.54. The molecular formula is C15H21NO. The van der Waals surface area contributed by atoms with Crippen molar-refractivity contribution in [2.24, 2.45) is 0 Å². The highest BCUT2D eigenvalue weighted by molar-refractivity contribution is 5.39. The van der Waals surface area contributed by atoms with Crippen molar-refractivity contribution < 1.29 is 4.74 Å². The van der Waals surface area contributed by atoms with Gasteiger partial charge < -0.3 is 10.1 Å². The molecule has 0 bridgehead atoms. The average Bonchev–Trinajstić information content (AvgIpc) is 2.39. The molecule has 0 saturated carbocycles. The third-order valence-electron chi connectivity index (χ3n) is 3.41. The van der Waals surface area contributed by atoms with Gasteiger partial charge in [0, 0.05) is 6.04 Å². The summed E-state index contributed by atoms with van der Waals surface area (Å²) in [5.41, 5.74) is 2.88. The monoisotopic (exact) mass is 231 g/mol. The Balaban J connectivity index is 2.13. The number of nitrogens with one attached hydrogen (secondary N) is 1. The molecule has 92 valence electrons. The Labute approximate surface area is 104 Å². The smallest absolute Gasteiger partial charge is 0.119 e. The number of ether oxygens (including phenoxy) is 1. The van der Waals surface area contributed by atoms with E-state index in [9.17, 15) is 0 Å². The first kappa shape index (κ1) is 12.2. The fraction of sp³-hybridized carbons (Fsp3) is 0.467. The summed E-state index contributed by atoms with van der Waals surface area (Å²) in [6.45, 7) is 4.76. The lowest BCUT2D eigenvalue weighted by Gasteiger charge is -2.27.